The number of aromatic nitrogens is 3. The minimum absolute atomic E-state index is 0.0582. The molecular weight excluding hydrogens is 380 g/mol. The number of nitro groups is 1. The average Bonchev–Trinajstić information content (AvgIpc) is 3.06. The van der Waals surface area contributed by atoms with Gasteiger partial charge in [0.15, 0.2) is 10.8 Å². The summed E-state index contributed by atoms with van der Waals surface area (Å²) in [6.45, 7) is 0. The van der Waals surface area contributed by atoms with E-state index in [0.717, 1.165) is 0 Å². The predicted molar refractivity (Wildman–Crippen MR) is 103 cm³/mol. The fraction of sp³-hybridized carbons (Fsp3) is 0. The largest absolute Gasteiger partial charge is 0.478 e. The number of pyridine rings is 1. The Labute approximate surface area is 162 Å². The molecule has 0 fully saturated rings. The van der Waals surface area contributed by atoms with E-state index in [4.69, 9.17) is 0 Å². The number of nitro benzene ring substituents is 1. The average molecular weight is 392 g/mol. The highest BCUT2D eigenvalue weighted by atomic mass is 32.2. The number of fused-ring (bicyclic) bond motifs is 1. The lowest BCUT2D eigenvalue weighted by atomic mass is 10.2. The molecule has 0 bridgehead atoms. The van der Waals surface area contributed by atoms with Gasteiger partial charge in [0.25, 0.3) is 5.69 Å². The number of imidazole rings is 1. The molecule has 4 rings (SSSR count). The molecule has 0 aliphatic rings. The van der Waals surface area contributed by atoms with Crippen LogP contribution in [0.4, 0.5) is 5.69 Å². The van der Waals surface area contributed by atoms with E-state index in [1.807, 2.05) is 0 Å². The van der Waals surface area contributed by atoms with Crippen LogP contribution in [0, 0.1) is 10.1 Å². The second kappa shape index (κ2) is 7.12. The van der Waals surface area contributed by atoms with Gasteiger partial charge in [-0.25, -0.2) is 14.8 Å². The molecule has 0 amide bonds. The molecule has 8 nitrogen and oxygen atoms in total. The molecule has 1 N–H and O–H groups in total. The van der Waals surface area contributed by atoms with Crippen molar-refractivity contribution in [1.29, 1.82) is 0 Å². The van der Waals surface area contributed by atoms with E-state index in [9.17, 15) is 20.0 Å². The van der Waals surface area contributed by atoms with Crippen LogP contribution in [0.1, 0.15) is 10.4 Å². The molecule has 4 aromatic rings. The van der Waals surface area contributed by atoms with Crippen molar-refractivity contribution in [1.82, 2.24) is 14.5 Å². The van der Waals surface area contributed by atoms with Gasteiger partial charge in [-0.3, -0.25) is 14.7 Å². The summed E-state index contributed by atoms with van der Waals surface area (Å²) in [6, 6.07) is 16.3. The van der Waals surface area contributed by atoms with E-state index >= 15 is 0 Å². The van der Waals surface area contributed by atoms with E-state index in [1.54, 1.807) is 53.2 Å². The number of rotatable bonds is 5. The van der Waals surface area contributed by atoms with E-state index in [1.165, 1.54) is 30.0 Å². The van der Waals surface area contributed by atoms with Gasteiger partial charge in [0, 0.05) is 23.2 Å². The predicted octanol–water partition coefficient (Wildman–Crippen LogP) is 4.18. The van der Waals surface area contributed by atoms with E-state index in [2.05, 4.69) is 9.97 Å². The molecule has 0 aliphatic heterocycles. The Morgan fingerprint density at radius 2 is 1.93 bits per heavy atom. The molecule has 0 saturated carbocycles. The maximum absolute atomic E-state index is 11.5. The first-order chi connectivity index (χ1) is 13.5. The number of nitrogens with zero attached hydrogens (tertiary/aromatic N) is 4. The van der Waals surface area contributed by atoms with Gasteiger partial charge in [-0.2, -0.15) is 0 Å². The van der Waals surface area contributed by atoms with Gasteiger partial charge < -0.3 is 5.11 Å². The van der Waals surface area contributed by atoms with Gasteiger partial charge in [0.1, 0.15) is 5.52 Å². The number of non-ortho nitro benzene ring substituents is 1. The highest BCUT2D eigenvalue weighted by Gasteiger charge is 2.19. The lowest BCUT2D eigenvalue weighted by molar-refractivity contribution is -0.384. The van der Waals surface area contributed by atoms with Gasteiger partial charge >= 0.3 is 5.97 Å². The third-order valence-corrected chi connectivity index (χ3v) is 5.04. The fourth-order valence-corrected chi connectivity index (χ4v) is 3.80. The van der Waals surface area contributed by atoms with E-state index < -0.39 is 10.9 Å². The number of carbonyl (C=O) groups is 1. The molecule has 138 valence electrons. The summed E-state index contributed by atoms with van der Waals surface area (Å²) in [4.78, 5) is 31.7. The van der Waals surface area contributed by atoms with Crippen LogP contribution in [0.15, 0.2) is 76.9 Å². The quantitative estimate of drug-likeness (QED) is 0.400. The number of carboxylic acids is 1. The number of carboxylic acid groups (broad SMARTS) is 1. The molecule has 2 aromatic heterocycles. The van der Waals surface area contributed by atoms with Crippen molar-refractivity contribution >= 4 is 34.6 Å². The summed E-state index contributed by atoms with van der Waals surface area (Å²) < 4.78 is 1.69. The third-order valence-electron chi connectivity index (χ3n) is 4.00. The number of benzene rings is 2. The number of hydrogen-bond acceptors (Lipinski definition) is 6. The second-order valence-electron chi connectivity index (χ2n) is 5.76. The van der Waals surface area contributed by atoms with Crippen molar-refractivity contribution in [2.75, 3.05) is 0 Å². The lowest BCUT2D eigenvalue weighted by Crippen LogP contribution is -2.01. The zero-order valence-corrected chi connectivity index (χ0v) is 15.0. The maximum Gasteiger partial charge on any atom is 0.336 e. The fourth-order valence-electron chi connectivity index (χ4n) is 2.77. The molecule has 28 heavy (non-hydrogen) atoms. The minimum Gasteiger partial charge on any atom is -0.478 e. The highest BCUT2D eigenvalue weighted by Crippen LogP contribution is 2.34. The monoisotopic (exact) mass is 392 g/mol. The number of aromatic carboxylic acids is 1. The van der Waals surface area contributed by atoms with Crippen LogP contribution in [0.25, 0.3) is 16.9 Å². The summed E-state index contributed by atoms with van der Waals surface area (Å²) in [5, 5.41) is 21.1. The smallest absolute Gasteiger partial charge is 0.336 e. The van der Waals surface area contributed by atoms with Crippen molar-refractivity contribution in [2.45, 2.75) is 10.1 Å². The van der Waals surface area contributed by atoms with Crippen LogP contribution >= 0.6 is 11.8 Å². The Morgan fingerprint density at radius 3 is 2.71 bits per heavy atom. The topological polar surface area (TPSA) is 111 Å². The number of hydrogen-bond donors (Lipinski definition) is 1. The molecule has 0 aliphatic carbocycles. The summed E-state index contributed by atoms with van der Waals surface area (Å²) in [5.74, 6) is -1.04. The van der Waals surface area contributed by atoms with Crippen molar-refractivity contribution in [3.63, 3.8) is 0 Å². The van der Waals surface area contributed by atoms with Crippen molar-refractivity contribution in [3.05, 3.63) is 82.5 Å². The van der Waals surface area contributed by atoms with Gasteiger partial charge in [-0.1, -0.05) is 30.0 Å². The minimum atomic E-state index is -1.04. The van der Waals surface area contributed by atoms with E-state index in [-0.39, 0.29) is 11.3 Å². The molecule has 0 atom stereocenters. The van der Waals surface area contributed by atoms with Crippen molar-refractivity contribution < 1.29 is 14.8 Å². The first kappa shape index (κ1) is 17.7. The third kappa shape index (κ3) is 3.19. The Bertz CT molecular complexity index is 1220. The summed E-state index contributed by atoms with van der Waals surface area (Å²) in [6.07, 6.45) is 1.61. The van der Waals surface area contributed by atoms with Gasteiger partial charge in [-0.15, -0.1) is 0 Å². The van der Waals surface area contributed by atoms with Crippen molar-refractivity contribution in [3.8, 4) is 5.69 Å². The molecule has 0 saturated heterocycles. The Hall–Kier alpha value is -3.72. The van der Waals surface area contributed by atoms with Crippen LogP contribution < -0.4 is 0 Å². The Morgan fingerprint density at radius 1 is 1.11 bits per heavy atom. The molecule has 0 spiro atoms. The van der Waals surface area contributed by atoms with Crippen molar-refractivity contribution in [2.24, 2.45) is 0 Å². The SMILES string of the molecule is O=C(O)c1ccccc1Sc1nc2cccnc2n1-c1cccc([N+](=O)[O-])c1. The highest BCUT2D eigenvalue weighted by molar-refractivity contribution is 7.99. The Kier molecular flexibility index (Phi) is 4.50. The second-order valence-corrected chi connectivity index (χ2v) is 6.77. The first-order valence-corrected chi connectivity index (χ1v) is 8.95. The van der Waals surface area contributed by atoms with Crippen LogP contribution in [-0.4, -0.2) is 30.5 Å². The Balaban J connectivity index is 1.91. The van der Waals surface area contributed by atoms with E-state index in [0.29, 0.717) is 26.9 Å². The maximum atomic E-state index is 11.5. The molecule has 2 aromatic carbocycles. The van der Waals surface area contributed by atoms with Gasteiger partial charge in [-0.05, 0) is 30.3 Å². The standard InChI is InChI=1S/C19H12N4O4S/c24-18(25)14-7-1-2-9-16(14)28-19-21-15-8-4-10-20-17(15)22(19)12-5-3-6-13(11-12)23(26)27/h1-11H,(H,24,25). The summed E-state index contributed by atoms with van der Waals surface area (Å²) >= 11 is 1.17. The molecule has 2 heterocycles. The van der Waals surface area contributed by atoms with Gasteiger partial charge in [0.05, 0.1) is 16.2 Å². The van der Waals surface area contributed by atoms with Crippen LogP contribution in [0.2, 0.25) is 0 Å². The molecule has 0 unspecified atom stereocenters. The molecule has 9 heteroatoms. The summed E-state index contributed by atoms with van der Waals surface area (Å²) in [5.41, 5.74) is 1.74. The molecular formula is C19H12N4O4S. The normalized spacial score (nSPS) is 10.9. The van der Waals surface area contributed by atoms with Crippen LogP contribution in [0.3, 0.4) is 0 Å². The van der Waals surface area contributed by atoms with Gasteiger partial charge in [0.2, 0.25) is 0 Å². The zero-order chi connectivity index (χ0) is 19.7. The first-order valence-electron chi connectivity index (χ1n) is 8.13. The lowest BCUT2D eigenvalue weighted by Gasteiger charge is -2.09. The summed E-state index contributed by atoms with van der Waals surface area (Å²) in [7, 11) is 0. The molecule has 0 radical (unpaired) electrons. The van der Waals surface area contributed by atoms with Crippen LogP contribution in [-0.2, 0) is 0 Å². The van der Waals surface area contributed by atoms with Crippen LogP contribution in [0.5, 0.6) is 0 Å². The zero-order valence-electron chi connectivity index (χ0n) is 14.2.